The van der Waals surface area contributed by atoms with E-state index in [-0.39, 0.29) is 7.92 Å². The van der Waals surface area contributed by atoms with Crippen LogP contribution in [0.1, 0.15) is 33.6 Å². The Morgan fingerprint density at radius 3 is 1.89 bits per heavy atom. The van der Waals surface area contributed by atoms with Crippen LogP contribution in [0.3, 0.4) is 0 Å². The molecule has 1 unspecified atom stereocenters. The second kappa shape index (κ2) is 8.43. The van der Waals surface area contributed by atoms with Crippen molar-refractivity contribution in [2.45, 2.75) is 50.6 Å². The summed E-state index contributed by atoms with van der Waals surface area (Å²) >= 11 is 0. The summed E-state index contributed by atoms with van der Waals surface area (Å²) < 4.78 is 0. The summed E-state index contributed by atoms with van der Waals surface area (Å²) in [7, 11) is -0.368. The van der Waals surface area contributed by atoms with E-state index in [0.717, 1.165) is 17.0 Å². The van der Waals surface area contributed by atoms with E-state index in [9.17, 15) is 0 Å². The van der Waals surface area contributed by atoms with Gasteiger partial charge in [0, 0.05) is 5.92 Å². The Hall–Kier alpha value is -1.22. The zero-order valence-electron chi connectivity index (χ0n) is 16.6. The van der Waals surface area contributed by atoms with Crippen LogP contribution in [-0.2, 0) is 0 Å². The molecule has 0 bridgehead atoms. The minimum atomic E-state index is -0.458. The first-order valence-corrected chi connectivity index (χ1v) is 13.1. The van der Waals surface area contributed by atoms with Crippen molar-refractivity contribution in [3.05, 3.63) is 84.2 Å². The van der Waals surface area contributed by atoms with Crippen LogP contribution in [0.2, 0.25) is 0 Å². The lowest BCUT2D eigenvalue weighted by Crippen LogP contribution is -2.23. The molecule has 0 amide bonds. The maximum atomic E-state index is 2.54. The van der Waals surface area contributed by atoms with Gasteiger partial charge in [0.25, 0.3) is 0 Å². The van der Waals surface area contributed by atoms with Crippen molar-refractivity contribution in [1.82, 2.24) is 0 Å². The monoisotopic (exact) mass is 392 g/mol. The Morgan fingerprint density at radius 2 is 1.37 bits per heavy atom. The summed E-state index contributed by atoms with van der Waals surface area (Å²) in [5.74, 6) is 0.602. The highest BCUT2D eigenvalue weighted by molar-refractivity contribution is 7.76. The minimum Gasteiger partial charge on any atom is -0.0970 e. The second-order valence-electron chi connectivity index (χ2n) is 7.97. The van der Waals surface area contributed by atoms with Crippen LogP contribution in [0.25, 0.3) is 0 Å². The van der Waals surface area contributed by atoms with Gasteiger partial charge in [-0.2, -0.15) is 0 Å². The van der Waals surface area contributed by atoms with Crippen molar-refractivity contribution in [2.75, 3.05) is 0 Å². The van der Waals surface area contributed by atoms with Crippen molar-refractivity contribution >= 4 is 26.5 Å². The first-order chi connectivity index (χ1) is 13.2. The topological polar surface area (TPSA) is 0 Å². The van der Waals surface area contributed by atoms with Gasteiger partial charge < -0.3 is 0 Å². The van der Waals surface area contributed by atoms with Crippen LogP contribution in [0.4, 0.5) is 0 Å². The van der Waals surface area contributed by atoms with Gasteiger partial charge in [-0.15, -0.1) is 0 Å². The molecular formula is C25H30P2. The molecule has 1 aliphatic carbocycles. The highest BCUT2D eigenvalue weighted by Crippen LogP contribution is 2.63. The highest BCUT2D eigenvalue weighted by atomic mass is 31.1. The Bertz CT molecular complexity index is 759. The van der Waals surface area contributed by atoms with Crippen molar-refractivity contribution in [2.24, 2.45) is 5.92 Å². The Morgan fingerprint density at radius 1 is 0.852 bits per heavy atom. The maximum Gasteiger partial charge on any atom is 0.00969 e. The maximum absolute atomic E-state index is 2.54. The van der Waals surface area contributed by atoms with Gasteiger partial charge in [0.15, 0.2) is 0 Å². The van der Waals surface area contributed by atoms with Gasteiger partial charge in [-0.25, -0.2) is 0 Å². The fourth-order valence-corrected chi connectivity index (χ4v) is 11.7. The van der Waals surface area contributed by atoms with Crippen LogP contribution >= 0.6 is 15.8 Å². The van der Waals surface area contributed by atoms with Crippen LogP contribution in [0.5, 0.6) is 0 Å². The molecule has 1 fully saturated rings. The smallest absolute Gasteiger partial charge is 0.00969 e. The summed E-state index contributed by atoms with van der Waals surface area (Å²) in [6.45, 7) is 7.55. The summed E-state index contributed by atoms with van der Waals surface area (Å²) in [5.41, 5.74) is 2.61. The molecule has 4 rings (SSSR count). The predicted molar refractivity (Wildman–Crippen MR) is 124 cm³/mol. The normalized spacial score (nSPS) is 26.5. The molecule has 1 heterocycles. The molecule has 27 heavy (non-hydrogen) atoms. The number of benzene rings is 2. The molecule has 0 radical (unpaired) electrons. The van der Waals surface area contributed by atoms with E-state index in [1.165, 1.54) is 23.5 Å². The number of hydrogen-bond donors (Lipinski definition) is 0. The van der Waals surface area contributed by atoms with E-state index >= 15 is 0 Å². The molecule has 0 nitrogen and oxygen atoms in total. The molecule has 2 aromatic rings. The average molecular weight is 392 g/mol. The Labute approximate surface area is 167 Å². The minimum absolute atomic E-state index is 0.0893. The fourth-order valence-electron chi connectivity index (χ4n) is 4.92. The van der Waals surface area contributed by atoms with E-state index in [1.807, 2.05) is 0 Å². The van der Waals surface area contributed by atoms with Crippen molar-refractivity contribution in [3.8, 4) is 0 Å². The molecule has 0 aromatic heterocycles. The van der Waals surface area contributed by atoms with Crippen molar-refractivity contribution in [3.63, 3.8) is 0 Å². The molecule has 1 saturated heterocycles. The van der Waals surface area contributed by atoms with Crippen LogP contribution < -0.4 is 10.6 Å². The highest BCUT2D eigenvalue weighted by Gasteiger charge is 2.39. The van der Waals surface area contributed by atoms with Crippen molar-refractivity contribution in [1.29, 1.82) is 0 Å². The van der Waals surface area contributed by atoms with E-state index in [2.05, 4.69) is 99.7 Å². The second-order valence-corrected chi connectivity index (χ2v) is 13.7. The molecule has 0 N–H and O–H groups in total. The number of hydrogen-bond acceptors (Lipinski definition) is 0. The van der Waals surface area contributed by atoms with Crippen LogP contribution in [0, 0.1) is 5.92 Å². The zero-order valence-corrected chi connectivity index (χ0v) is 18.4. The van der Waals surface area contributed by atoms with Crippen LogP contribution in [-0.4, -0.2) is 17.0 Å². The first-order valence-electron chi connectivity index (χ1n) is 10.2. The van der Waals surface area contributed by atoms with Gasteiger partial charge in [0.2, 0.25) is 0 Å². The van der Waals surface area contributed by atoms with Gasteiger partial charge in [0.05, 0.1) is 0 Å². The third kappa shape index (κ3) is 3.85. The number of allylic oxidation sites excluding steroid dienone is 4. The SMILES string of the molecule is C[C@@H]1CC[C@@H](C)P1[C@H](C)C1C=CC=C1P(c1ccccc1)c1ccccc1. The quantitative estimate of drug-likeness (QED) is 0.501. The van der Waals surface area contributed by atoms with E-state index in [4.69, 9.17) is 0 Å². The lowest BCUT2D eigenvalue weighted by Gasteiger charge is -2.35. The van der Waals surface area contributed by atoms with Gasteiger partial charge in [-0.05, 0) is 53.7 Å². The molecule has 2 heteroatoms. The standard InChI is InChI=1S/C25H30P2/c1-19-17-18-20(2)26(19)21(3)24-15-10-16-25(24)27(22-11-6-4-7-12-22)23-13-8-5-9-14-23/h4-16,19-21,24H,17-18H2,1-3H3/t19-,20-,21-,24?/m1/s1. The Balaban J connectivity index is 1.70. The summed E-state index contributed by atoms with van der Waals surface area (Å²) in [6.07, 6.45) is 10.1. The molecule has 2 aromatic carbocycles. The van der Waals surface area contributed by atoms with Crippen molar-refractivity contribution < 1.29 is 0 Å². The molecule has 0 spiro atoms. The average Bonchev–Trinajstić information content (AvgIpc) is 3.30. The third-order valence-corrected chi connectivity index (χ3v) is 12.6. The fraction of sp³-hybridized carbons (Fsp3) is 0.360. The summed E-state index contributed by atoms with van der Waals surface area (Å²) in [4.78, 5) is 0. The first kappa shape index (κ1) is 19.1. The zero-order chi connectivity index (χ0) is 18.8. The van der Waals surface area contributed by atoms with Gasteiger partial charge >= 0.3 is 0 Å². The van der Waals surface area contributed by atoms with Crippen LogP contribution in [0.15, 0.2) is 84.2 Å². The van der Waals surface area contributed by atoms with E-state index in [1.54, 1.807) is 5.31 Å². The summed E-state index contributed by atoms with van der Waals surface area (Å²) in [6, 6.07) is 22.3. The summed E-state index contributed by atoms with van der Waals surface area (Å²) in [5, 5.41) is 4.61. The molecular weight excluding hydrogens is 362 g/mol. The van der Waals surface area contributed by atoms with Gasteiger partial charge in [0.1, 0.15) is 0 Å². The lowest BCUT2D eigenvalue weighted by molar-refractivity contribution is 0.769. The third-order valence-electron chi connectivity index (χ3n) is 6.22. The van der Waals surface area contributed by atoms with E-state index in [0.29, 0.717) is 5.92 Å². The lowest BCUT2D eigenvalue weighted by atomic mass is 10.1. The number of rotatable bonds is 5. The Kier molecular flexibility index (Phi) is 5.96. The largest absolute Gasteiger partial charge is 0.0970 e. The molecule has 4 atom stereocenters. The molecule has 1 aliphatic heterocycles. The molecule has 0 saturated carbocycles. The van der Waals surface area contributed by atoms with Gasteiger partial charge in [-0.1, -0.05) is 108 Å². The predicted octanol–water partition coefficient (Wildman–Crippen LogP) is 6.63. The molecule has 2 aliphatic rings. The molecule has 140 valence electrons. The van der Waals surface area contributed by atoms with E-state index < -0.39 is 7.92 Å². The van der Waals surface area contributed by atoms with Gasteiger partial charge in [-0.3, -0.25) is 0 Å².